The van der Waals surface area contributed by atoms with Crippen LogP contribution in [-0.2, 0) is 4.79 Å². The Morgan fingerprint density at radius 2 is 2.09 bits per heavy atom. The second-order valence-corrected chi connectivity index (χ2v) is 6.54. The van der Waals surface area contributed by atoms with Gasteiger partial charge in [0.1, 0.15) is 5.52 Å². The number of rotatable bonds is 5. The van der Waals surface area contributed by atoms with Crippen molar-refractivity contribution in [2.75, 3.05) is 5.32 Å². The molecule has 2 aromatic rings. The summed E-state index contributed by atoms with van der Waals surface area (Å²) in [5, 5.41) is 2.96. The third-order valence-electron chi connectivity index (χ3n) is 4.90. The van der Waals surface area contributed by atoms with E-state index < -0.39 is 5.76 Å². The van der Waals surface area contributed by atoms with Gasteiger partial charge < -0.3 is 9.73 Å². The van der Waals surface area contributed by atoms with E-state index in [0.29, 0.717) is 16.8 Å². The molecule has 1 amide bonds. The van der Waals surface area contributed by atoms with Crippen LogP contribution in [-0.4, -0.2) is 10.9 Å². The van der Waals surface area contributed by atoms with E-state index in [1.54, 1.807) is 18.2 Å². The van der Waals surface area contributed by atoms with Gasteiger partial charge >= 0.3 is 5.76 Å². The van der Waals surface area contributed by atoms with E-state index in [0.717, 1.165) is 31.6 Å². The van der Waals surface area contributed by atoms with Crippen LogP contribution in [0.25, 0.3) is 11.1 Å². The van der Waals surface area contributed by atoms with E-state index in [2.05, 4.69) is 17.2 Å². The molecule has 3 rings (SSSR count). The number of anilines is 1. The number of para-hydroxylation sites is 1. The van der Waals surface area contributed by atoms with E-state index in [1.807, 2.05) is 0 Å². The van der Waals surface area contributed by atoms with Gasteiger partial charge in [-0.15, -0.1) is 0 Å². The normalized spacial score (nSPS) is 21.4. The van der Waals surface area contributed by atoms with Crippen LogP contribution in [0.3, 0.4) is 0 Å². The zero-order valence-electron chi connectivity index (χ0n) is 13.6. The minimum Gasteiger partial charge on any atom is -0.408 e. The van der Waals surface area contributed by atoms with Gasteiger partial charge in [-0.3, -0.25) is 9.78 Å². The monoisotopic (exact) mass is 316 g/mol. The zero-order valence-corrected chi connectivity index (χ0v) is 13.6. The van der Waals surface area contributed by atoms with Gasteiger partial charge in [-0.1, -0.05) is 32.3 Å². The number of H-pyrrole nitrogens is 1. The number of unbranched alkanes of at least 4 members (excludes halogenated alkanes) is 1. The van der Waals surface area contributed by atoms with Gasteiger partial charge in [-0.2, -0.15) is 0 Å². The lowest BCUT2D eigenvalue weighted by Crippen LogP contribution is -2.27. The summed E-state index contributed by atoms with van der Waals surface area (Å²) >= 11 is 0. The minimum atomic E-state index is -0.502. The third kappa shape index (κ3) is 3.66. The molecule has 5 heteroatoms. The molecule has 2 N–H and O–H groups in total. The quantitative estimate of drug-likeness (QED) is 0.873. The van der Waals surface area contributed by atoms with Gasteiger partial charge in [0, 0.05) is 5.92 Å². The summed E-state index contributed by atoms with van der Waals surface area (Å²) in [5.41, 5.74) is 1.64. The summed E-state index contributed by atoms with van der Waals surface area (Å²) in [7, 11) is 0. The fourth-order valence-corrected chi connectivity index (χ4v) is 3.52. The topological polar surface area (TPSA) is 75.1 Å². The van der Waals surface area contributed by atoms with Gasteiger partial charge in [-0.25, -0.2) is 4.79 Å². The smallest absolute Gasteiger partial charge is 0.408 e. The Kier molecular flexibility index (Phi) is 4.84. The molecule has 0 saturated heterocycles. The molecule has 1 aliphatic carbocycles. The summed E-state index contributed by atoms with van der Waals surface area (Å²) in [4.78, 5) is 26.4. The number of fused-ring (bicyclic) bond motifs is 1. The van der Waals surface area contributed by atoms with Crippen molar-refractivity contribution in [3.63, 3.8) is 0 Å². The molecule has 0 aliphatic heterocycles. The Bertz CT molecular complexity index is 723. The molecule has 124 valence electrons. The molecule has 5 nitrogen and oxygen atoms in total. The summed E-state index contributed by atoms with van der Waals surface area (Å²) < 4.78 is 5.02. The fourth-order valence-electron chi connectivity index (χ4n) is 3.52. The van der Waals surface area contributed by atoms with Gasteiger partial charge in [0.15, 0.2) is 5.58 Å². The Hall–Kier alpha value is -2.04. The van der Waals surface area contributed by atoms with Crippen molar-refractivity contribution in [2.24, 2.45) is 11.8 Å². The van der Waals surface area contributed by atoms with E-state index in [-0.39, 0.29) is 11.8 Å². The lowest BCUT2D eigenvalue weighted by Gasteiger charge is -2.27. The molecule has 1 aliphatic rings. The molecular formula is C18H24N2O3. The molecule has 1 heterocycles. The van der Waals surface area contributed by atoms with Crippen molar-refractivity contribution in [1.82, 2.24) is 4.98 Å². The zero-order chi connectivity index (χ0) is 16.2. The number of aromatic nitrogens is 1. The number of amides is 1. The van der Waals surface area contributed by atoms with Crippen molar-refractivity contribution < 1.29 is 9.21 Å². The predicted molar refractivity (Wildman–Crippen MR) is 90.4 cm³/mol. The number of oxazole rings is 1. The number of carbonyl (C=O) groups is 1. The number of carbonyl (C=O) groups excluding carboxylic acids is 1. The van der Waals surface area contributed by atoms with Gasteiger partial charge in [0.25, 0.3) is 0 Å². The fraction of sp³-hybridized carbons (Fsp3) is 0.556. The highest BCUT2D eigenvalue weighted by molar-refractivity contribution is 5.99. The van der Waals surface area contributed by atoms with Crippen LogP contribution in [0.15, 0.2) is 27.4 Å². The Labute approximate surface area is 135 Å². The number of aromatic amines is 1. The van der Waals surface area contributed by atoms with Crippen molar-refractivity contribution in [2.45, 2.75) is 51.9 Å². The highest BCUT2D eigenvalue weighted by Gasteiger charge is 2.26. The first-order chi connectivity index (χ1) is 11.2. The average Bonchev–Trinajstić information content (AvgIpc) is 2.94. The second-order valence-electron chi connectivity index (χ2n) is 6.54. The maximum absolute atomic E-state index is 12.5. The number of hydrogen-bond donors (Lipinski definition) is 2. The molecule has 23 heavy (non-hydrogen) atoms. The molecule has 1 fully saturated rings. The van der Waals surface area contributed by atoms with E-state index >= 15 is 0 Å². The van der Waals surface area contributed by atoms with Crippen LogP contribution in [0, 0.1) is 11.8 Å². The summed E-state index contributed by atoms with van der Waals surface area (Å²) in [5.74, 6) is 0.404. The maximum atomic E-state index is 12.5. The first-order valence-corrected chi connectivity index (χ1v) is 8.60. The molecule has 0 radical (unpaired) electrons. The van der Waals surface area contributed by atoms with Gasteiger partial charge in [0.2, 0.25) is 5.91 Å². The van der Waals surface area contributed by atoms with Crippen LogP contribution in [0.1, 0.15) is 51.9 Å². The summed E-state index contributed by atoms with van der Waals surface area (Å²) in [6.07, 6.45) is 8.02. The molecule has 1 aromatic carbocycles. The number of benzene rings is 1. The molecular weight excluding hydrogens is 292 g/mol. The molecule has 0 unspecified atom stereocenters. The molecule has 0 atom stereocenters. The Balaban J connectivity index is 1.62. The maximum Gasteiger partial charge on any atom is 0.417 e. The van der Waals surface area contributed by atoms with Crippen molar-refractivity contribution in [1.29, 1.82) is 0 Å². The largest absolute Gasteiger partial charge is 0.417 e. The summed E-state index contributed by atoms with van der Waals surface area (Å²) in [6, 6.07) is 5.27. The molecule has 1 saturated carbocycles. The Morgan fingerprint density at radius 1 is 1.30 bits per heavy atom. The summed E-state index contributed by atoms with van der Waals surface area (Å²) in [6.45, 7) is 2.22. The standard InChI is InChI=1S/C18H24N2O3/c1-2-3-5-12-8-10-13(11-9-12)17(21)19-14-6-4-7-15-16(14)20-18(22)23-15/h4,6-7,12-13H,2-3,5,8-11H2,1H3,(H,19,21)(H,20,22). The number of hydrogen-bond acceptors (Lipinski definition) is 3. The minimum absolute atomic E-state index is 0.0495. The second kappa shape index (κ2) is 7.02. The van der Waals surface area contributed by atoms with Crippen LogP contribution in [0.4, 0.5) is 5.69 Å². The highest BCUT2D eigenvalue weighted by atomic mass is 16.4. The molecule has 1 aromatic heterocycles. The lowest BCUT2D eigenvalue weighted by molar-refractivity contribution is -0.121. The van der Waals surface area contributed by atoms with E-state index in [1.165, 1.54) is 19.3 Å². The van der Waals surface area contributed by atoms with Crippen LogP contribution < -0.4 is 11.1 Å². The van der Waals surface area contributed by atoms with Crippen molar-refractivity contribution in [3.05, 3.63) is 28.7 Å². The van der Waals surface area contributed by atoms with Crippen LogP contribution in [0.5, 0.6) is 0 Å². The van der Waals surface area contributed by atoms with E-state index in [9.17, 15) is 9.59 Å². The van der Waals surface area contributed by atoms with Crippen molar-refractivity contribution in [3.8, 4) is 0 Å². The SMILES string of the molecule is CCCCC1CCC(C(=O)Nc2cccc3oc(=O)[nH]c23)CC1. The van der Waals surface area contributed by atoms with Crippen LogP contribution in [0.2, 0.25) is 0 Å². The first kappa shape index (κ1) is 15.8. The van der Waals surface area contributed by atoms with Crippen LogP contribution >= 0.6 is 0 Å². The average molecular weight is 316 g/mol. The van der Waals surface area contributed by atoms with Crippen molar-refractivity contribution >= 4 is 22.7 Å². The highest BCUT2D eigenvalue weighted by Crippen LogP contribution is 2.33. The lowest BCUT2D eigenvalue weighted by atomic mass is 9.79. The predicted octanol–water partition coefficient (Wildman–Crippen LogP) is 4.06. The third-order valence-corrected chi connectivity index (χ3v) is 4.90. The molecule has 0 bridgehead atoms. The Morgan fingerprint density at radius 3 is 2.83 bits per heavy atom. The van der Waals surface area contributed by atoms with Gasteiger partial charge in [-0.05, 0) is 43.7 Å². The first-order valence-electron chi connectivity index (χ1n) is 8.60. The molecule has 0 spiro atoms. The van der Waals surface area contributed by atoms with Gasteiger partial charge in [0.05, 0.1) is 5.69 Å². The van der Waals surface area contributed by atoms with E-state index in [4.69, 9.17) is 4.42 Å². The number of nitrogens with one attached hydrogen (secondary N) is 2.